The van der Waals surface area contributed by atoms with Crippen LogP contribution in [0.1, 0.15) is 16.7 Å². The zero-order valence-electron chi connectivity index (χ0n) is 18.4. The first-order valence-corrected chi connectivity index (χ1v) is 10.9. The lowest BCUT2D eigenvalue weighted by Gasteiger charge is -2.11. The van der Waals surface area contributed by atoms with Crippen LogP contribution in [0.3, 0.4) is 0 Å². The van der Waals surface area contributed by atoms with Crippen molar-refractivity contribution in [3.05, 3.63) is 126 Å². The molecular weight excluding hydrogens is 402 g/mol. The Morgan fingerprint density at radius 3 is 2.00 bits per heavy atom. The van der Waals surface area contributed by atoms with Crippen LogP contribution in [0, 0.1) is 6.92 Å². The van der Waals surface area contributed by atoms with Gasteiger partial charge in [-0.2, -0.15) is 0 Å². The maximum atomic E-state index is 4.86. The van der Waals surface area contributed by atoms with Gasteiger partial charge in [-0.05, 0) is 36.2 Å². The fraction of sp³-hybridized carbons (Fsp3) is 0.0333. The summed E-state index contributed by atoms with van der Waals surface area (Å²) in [5, 5.41) is 0. The van der Waals surface area contributed by atoms with Crippen LogP contribution in [-0.4, -0.2) is 15.0 Å². The van der Waals surface area contributed by atoms with Crippen molar-refractivity contribution in [1.29, 1.82) is 0 Å². The number of benzene rings is 2. The van der Waals surface area contributed by atoms with E-state index in [0.29, 0.717) is 0 Å². The summed E-state index contributed by atoms with van der Waals surface area (Å²) in [6.45, 7) is 2.10. The molecule has 0 aliphatic heterocycles. The summed E-state index contributed by atoms with van der Waals surface area (Å²) in [4.78, 5) is 13.9. The van der Waals surface area contributed by atoms with E-state index < -0.39 is 0 Å². The Bertz CT molecular complexity index is 1390. The largest absolute Gasteiger partial charge is 0.264 e. The lowest BCUT2D eigenvalue weighted by molar-refractivity contribution is 1.24. The molecule has 3 nitrogen and oxygen atoms in total. The second-order valence-electron chi connectivity index (χ2n) is 7.90. The SMILES string of the molecule is Cc1cc(-c2ncc(-c3cccnc3)cc2/C=C/c2ccccc2)cnc1-c1ccccc1. The van der Waals surface area contributed by atoms with Gasteiger partial charge in [0.1, 0.15) is 0 Å². The molecule has 0 N–H and O–H groups in total. The molecule has 33 heavy (non-hydrogen) atoms. The van der Waals surface area contributed by atoms with Crippen molar-refractivity contribution in [3.8, 4) is 33.6 Å². The highest BCUT2D eigenvalue weighted by molar-refractivity contribution is 5.82. The molecule has 0 unspecified atom stereocenters. The Hall–Kier alpha value is -4.37. The third-order valence-corrected chi connectivity index (χ3v) is 5.57. The van der Waals surface area contributed by atoms with Gasteiger partial charge in [0.25, 0.3) is 0 Å². The normalized spacial score (nSPS) is 11.1. The van der Waals surface area contributed by atoms with E-state index in [0.717, 1.165) is 50.3 Å². The van der Waals surface area contributed by atoms with Crippen LogP contribution in [0.4, 0.5) is 0 Å². The number of aryl methyl sites for hydroxylation is 1. The molecule has 0 aliphatic carbocycles. The molecule has 0 amide bonds. The van der Waals surface area contributed by atoms with Gasteiger partial charge in [0.2, 0.25) is 0 Å². The number of hydrogen-bond acceptors (Lipinski definition) is 3. The summed E-state index contributed by atoms with van der Waals surface area (Å²) >= 11 is 0. The molecule has 2 aromatic carbocycles. The van der Waals surface area contributed by atoms with Crippen molar-refractivity contribution >= 4 is 12.2 Å². The van der Waals surface area contributed by atoms with Gasteiger partial charge >= 0.3 is 0 Å². The third-order valence-electron chi connectivity index (χ3n) is 5.57. The molecule has 3 heterocycles. The van der Waals surface area contributed by atoms with Crippen LogP contribution in [0.2, 0.25) is 0 Å². The second-order valence-corrected chi connectivity index (χ2v) is 7.90. The summed E-state index contributed by atoms with van der Waals surface area (Å²) in [5.74, 6) is 0. The summed E-state index contributed by atoms with van der Waals surface area (Å²) < 4.78 is 0. The van der Waals surface area contributed by atoms with Gasteiger partial charge in [-0.3, -0.25) is 15.0 Å². The molecule has 3 aromatic heterocycles. The molecule has 0 atom stereocenters. The van der Waals surface area contributed by atoms with E-state index in [-0.39, 0.29) is 0 Å². The lowest BCUT2D eigenvalue weighted by atomic mass is 9.99. The van der Waals surface area contributed by atoms with Gasteiger partial charge in [-0.1, -0.05) is 78.9 Å². The Kier molecular flexibility index (Phi) is 5.85. The van der Waals surface area contributed by atoms with Crippen molar-refractivity contribution in [3.63, 3.8) is 0 Å². The van der Waals surface area contributed by atoms with Crippen LogP contribution in [0.15, 0.2) is 110 Å². The van der Waals surface area contributed by atoms with Crippen LogP contribution >= 0.6 is 0 Å². The van der Waals surface area contributed by atoms with Crippen LogP contribution < -0.4 is 0 Å². The van der Waals surface area contributed by atoms with Crippen LogP contribution in [-0.2, 0) is 0 Å². The van der Waals surface area contributed by atoms with Crippen LogP contribution in [0.5, 0.6) is 0 Å². The minimum atomic E-state index is 0.907. The summed E-state index contributed by atoms with van der Waals surface area (Å²) in [6.07, 6.45) is 11.7. The molecule has 0 bridgehead atoms. The molecular formula is C30H23N3. The molecule has 5 rings (SSSR count). The molecule has 0 saturated carbocycles. The highest BCUT2D eigenvalue weighted by atomic mass is 14.7. The molecule has 0 radical (unpaired) electrons. The van der Waals surface area contributed by atoms with Gasteiger partial charge < -0.3 is 0 Å². The van der Waals surface area contributed by atoms with E-state index in [1.165, 1.54) is 0 Å². The Morgan fingerprint density at radius 2 is 1.27 bits per heavy atom. The fourth-order valence-electron chi connectivity index (χ4n) is 3.89. The van der Waals surface area contributed by atoms with Crippen molar-refractivity contribution in [1.82, 2.24) is 15.0 Å². The van der Waals surface area contributed by atoms with Gasteiger partial charge in [-0.15, -0.1) is 0 Å². The third kappa shape index (κ3) is 4.63. The van der Waals surface area contributed by atoms with Crippen LogP contribution in [0.25, 0.3) is 45.8 Å². The molecule has 0 saturated heterocycles. The van der Waals surface area contributed by atoms with Crippen molar-refractivity contribution in [2.45, 2.75) is 6.92 Å². The van der Waals surface area contributed by atoms with E-state index in [1.54, 1.807) is 6.20 Å². The van der Waals surface area contributed by atoms with E-state index in [4.69, 9.17) is 9.97 Å². The van der Waals surface area contributed by atoms with Crippen molar-refractivity contribution in [2.75, 3.05) is 0 Å². The lowest BCUT2D eigenvalue weighted by Crippen LogP contribution is -1.94. The number of aromatic nitrogens is 3. The summed E-state index contributed by atoms with van der Waals surface area (Å²) in [5.41, 5.74) is 9.39. The first kappa shape index (κ1) is 20.5. The van der Waals surface area contributed by atoms with Crippen molar-refractivity contribution < 1.29 is 0 Å². The molecule has 158 valence electrons. The topological polar surface area (TPSA) is 38.7 Å². The Morgan fingerprint density at radius 1 is 0.576 bits per heavy atom. The quantitative estimate of drug-likeness (QED) is 0.295. The zero-order valence-corrected chi connectivity index (χ0v) is 18.4. The number of pyridine rings is 3. The molecule has 3 heteroatoms. The highest BCUT2D eigenvalue weighted by Gasteiger charge is 2.11. The van der Waals surface area contributed by atoms with E-state index in [1.807, 2.05) is 61.1 Å². The van der Waals surface area contributed by atoms with Gasteiger partial charge in [0.05, 0.1) is 11.4 Å². The van der Waals surface area contributed by atoms with Gasteiger partial charge in [-0.25, -0.2) is 0 Å². The molecule has 0 fully saturated rings. The molecule has 5 aromatic rings. The standard InChI is InChI=1S/C30H23N3/c1-22-17-28(21-32-29(22)24-11-6-3-7-12-24)30-25(15-14-23-9-4-2-5-10-23)18-27(20-33-30)26-13-8-16-31-19-26/h2-21H,1H3/b15-14+. The smallest absolute Gasteiger partial charge is 0.0790 e. The Labute approximate surface area is 194 Å². The molecule has 0 aliphatic rings. The van der Waals surface area contributed by atoms with Gasteiger partial charge in [0.15, 0.2) is 0 Å². The molecule has 0 spiro atoms. The average molecular weight is 426 g/mol. The first-order valence-electron chi connectivity index (χ1n) is 10.9. The van der Waals surface area contributed by atoms with E-state index in [2.05, 4.69) is 66.5 Å². The van der Waals surface area contributed by atoms with E-state index >= 15 is 0 Å². The summed E-state index contributed by atoms with van der Waals surface area (Å²) in [7, 11) is 0. The average Bonchev–Trinajstić information content (AvgIpc) is 2.89. The highest BCUT2D eigenvalue weighted by Crippen LogP contribution is 2.30. The minimum absolute atomic E-state index is 0.907. The minimum Gasteiger partial charge on any atom is -0.264 e. The number of rotatable bonds is 5. The monoisotopic (exact) mass is 425 g/mol. The zero-order chi connectivity index (χ0) is 22.5. The number of nitrogens with zero attached hydrogens (tertiary/aromatic N) is 3. The van der Waals surface area contributed by atoms with Gasteiger partial charge in [0, 0.05) is 52.6 Å². The van der Waals surface area contributed by atoms with Crippen molar-refractivity contribution in [2.24, 2.45) is 0 Å². The maximum absolute atomic E-state index is 4.86. The fourth-order valence-corrected chi connectivity index (χ4v) is 3.89. The van der Waals surface area contributed by atoms with E-state index in [9.17, 15) is 0 Å². The second kappa shape index (κ2) is 9.41. The predicted molar refractivity (Wildman–Crippen MR) is 136 cm³/mol. The summed E-state index contributed by atoms with van der Waals surface area (Å²) in [6, 6.07) is 28.9. The Balaban J connectivity index is 1.59. The maximum Gasteiger partial charge on any atom is 0.0790 e. The first-order chi connectivity index (χ1) is 16.3. The predicted octanol–water partition coefficient (Wildman–Crippen LogP) is 7.35. The number of hydrogen-bond donors (Lipinski definition) is 0.